The fourth-order valence-corrected chi connectivity index (χ4v) is 4.68. The van der Waals surface area contributed by atoms with E-state index in [-0.39, 0.29) is 22.9 Å². The number of rotatable bonds is 6. The van der Waals surface area contributed by atoms with Gasteiger partial charge in [-0.2, -0.15) is 4.31 Å². The first-order valence-corrected chi connectivity index (χ1v) is 10.3. The first-order chi connectivity index (χ1) is 13.3. The molecular weight excluding hydrogens is 390 g/mol. The van der Waals surface area contributed by atoms with Crippen molar-refractivity contribution in [1.82, 2.24) is 4.31 Å². The summed E-state index contributed by atoms with van der Waals surface area (Å²) < 4.78 is 59.9. The third kappa shape index (κ3) is 4.00. The molecule has 1 N–H and O–H groups in total. The highest BCUT2D eigenvalue weighted by molar-refractivity contribution is 7.89. The molecule has 1 heterocycles. The van der Waals surface area contributed by atoms with E-state index < -0.39 is 33.1 Å². The largest absolute Gasteiger partial charge is 0.492 e. The van der Waals surface area contributed by atoms with Crippen molar-refractivity contribution in [3.05, 3.63) is 53.6 Å². The Morgan fingerprint density at radius 1 is 1.18 bits per heavy atom. The van der Waals surface area contributed by atoms with E-state index in [1.54, 1.807) is 6.92 Å². The van der Waals surface area contributed by atoms with Crippen LogP contribution in [0.3, 0.4) is 0 Å². The van der Waals surface area contributed by atoms with Crippen molar-refractivity contribution in [2.24, 2.45) is 0 Å². The molecule has 150 valence electrons. The molecule has 1 aliphatic heterocycles. The Labute approximate surface area is 162 Å². The van der Waals surface area contributed by atoms with Gasteiger partial charge in [-0.25, -0.2) is 17.2 Å². The SMILES string of the molecule is CCOc1ccc(NC(=O)c2cccc(F)c2F)cc1S(=O)(=O)N1CCCC1. The quantitative estimate of drug-likeness (QED) is 0.792. The predicted molar refractivity (Wildman–Crippen MR) is 99.9 cm³/mol. The first kappa shape index (κ1) is 20.2. The molecule has 1 amide bonds. The van der Waals surface area contributed by atoms with Crippen LogP contribution in [0.2, 0.25) is 0 Å². The van der Waals surface area contributed by atoms with E-state index in [2.05, 4.69) is 5.32 Å². The molecule has 3 rings (SSSR count). The van der Waals surface area contributed by atoms with E-state index >= 15 is 0 Å². The Hall–Kier alpha value is -2.52. The summed E-state index contributed by atoms with van der Waals surface area (Å²) in [5.41, 5.74) is -0.340. The summed E-state index contributed by atoms with van der Waals surface area (Å²) in [6, 6.07) is 7.42. The molecule has 0 bridgehead atoms. The van der Waals surface area contributed by atoms with Gasteiger partial charge in [-0.15, -0.1) is 0 Å². The standard InChI is InChI=1S/C19H20F2N2O4S/c1-2-27-16-9-8-13(12-17(16)28(25,26)23-10-3-4-11-23)22-19(24)14-6-5-7-15(20)18(14)21/h5-9,12H,2-4,10-11H2,1H3,(H,22,24). The van der Waals surface area contributed by atoms with Gasteiger partial charge in [0.2, 0.25) is 10.0 Å². The molecule has 1 fully saturated rings. The highest BCUT2D eigenvalue weighted by Crippen LogP contribution is 2.32. The number of carbonyl (C=O) groups excluding carboxylic acids is 1. The zero-order valence-electron chi connectivity index (χ0n) is 15.2. The summed E-state index contributed by atoms with van der Waals surface area (Å²) in [6.07, 6.45) is 1.55. The van der Waals surface area contributed by atoms with Crippen LogP contribution in [0.5, 0.6) is 5.75 Å². The average Bonchev–Trinajstić information content (AvgIpc) is 3.21. The van der Waals surface area contributed by atoms with E-state index in [0.29, 0.717) is 13.1 Å². The van der Waals surface area contributed by atoms with Crippen LogP contribution in [0, 0.1) is 11.6 Å². The smallest absolute Gasteiger partial charge is 0.258 e. The summed E-state index contributed by atoms with van der Waals surface area (Å²) in [6.45, 7) is 2.83. The Bertz CT molecular complexity index is 989. The number of sulfonamides is 1. The monoisotopic (exact) mass is 410 g/mol. The van der Waals surface area contributed by atoms with Crippen molar-refractivity contribution in [1.29, 1.82) is 0 Å². The Kier molecular flexibility index (Phi) is 5.95. The molecule has 2 aromatic carbocycles. The van der Waals surface area contributed by atoms with E-state index in [0.717, 1.165) is 25.0 Å². The number of nitrogens with zero attached hydrogens (tertiary/aromatic N) is 1. The second kappa shape index (κ2) is 8.24. The Balaban J connectivity index is 1.94. The maximum absolute atomic E-state index is 13.8. The van der Waals surface area contributed by atoms with Crippen molar-refractivity contribution >= 4 is 21.6 Å². The number of hydrogen-bond donors (Lipinski definition) is 1. The first-order valence-electron chi connectivity index (χ1n) is 8.87. The molecule has 1 saturated heterocycles. The van der Waals surface area contributed by atoms with Crippen LogP contribution < -0.4 is 10.1 Å². The molecule has 1 aliphatic rings. The third-order valence-corrected chi connectivity index (χ3v) is 6.30. The van der Waals surface area contributed by atoms with Crippen LogP contribution in [0.25, 0.3) is 0 Å². The van der Waals surface area contributed by atoms with Gasteiger partial charge in [0.25, 0.3) is 5.91 Å². The van der Waals surface area contributed by atoms with E-state index in [1.807, 2.05) is 0 Å². The lowest BCUT2D eigenvalue weighted by Crippen LogP contribution is -2.28. The molecule has 6 nitrogen and oxygen atoms in total. The fraction of sp³-hybridized carbons (Fsp3) is 0.316. The molecule has 0 aromatic heterocycles. The Morgan fingerprint density at radius 3 is 2.57 bits per heavy atom. The normalized spacial score (nSPS) is 14.8. The average molecular weight is 410 g/mol. The van der Waals surface area contributed by atoms with Crippen LogP contribution >= 0.6 is 0 Å². The number of ether oxygens (including phenoxy) is 1. The zero-order chi connectivity index (χ0) is 20.3. The van der Waals surface area contributed by atoms with Crippen LogP contribution in [0.4, 0.5) is 14.5 Å². The highest BCUT2D eigenvalue weighted by atomic mass is 32.2. The lowest BCUT2D eigenvalue weighted by atomic mass is 10.2. The van der Waals surface area contributed by atoms with E-state index in [4.69, 9.17) is 4.74 Å². The predicted octanol–water partition coefficient (Wildman–Crippen LogP) is 3.40. The number of benzene rings is 2. The minimum Gasteiger partial charge on any atom is -0.492 e. The highest BCUT2D eigenvalue weighted by Gasteiger charge is 2.30. The molecule has 2 aromatic rings. The van der Waals surface area contributed by atoms with Crippen molar-refractivity contribution in [3.63, 3.8) is 0 Å². The molecule has 0 unspecified atom stereocenters. The summed E-state index contributed by atoms with van der Waals surface area (Å²) in [4.78, 5) is 12.2. The van der Waals surface area contributed by atoms with Crippen molar-refractivity contribution in [2.75, 3.05) is 25.0 Å². The van der Waals surface area contributed by atoms with Crippen molar-refractivity contribution in [3.8, 4) is 5.75 Å². The van der Waals surface area contributed by atoms with Crippen LogP contribution in [0.15, 0.2) is 41.3 Å². The van der Waals surface area contributed by atoms with Crippen molar-refractivity contribution < 1.29 is 26.7 Å². The van der Waals surface area contributed by atoms with E-state index in [1.165, 1.54) is 28.6 Å². The van der Waals surface area contributed by atoms with Gasteiger partial charge >= 0.3 is 0 Å². The van der Waals surface area contributed by atoms with Crippen LogP contribution in [-0.4, -0.2) is 38.3 Å². The van der Waals surface area contributed by atoms with Gasteiger partial charge in [0.1, 0.15) is 10.6 Å². The second-order valence-electron chi connectivity index (χ2n) is 6.26. The van der Waals surface area contributed by atoms with Gasteiger partial charge in [-0.05, 0) is 50.1 Å². The lowest BCUT2D eigenvalue weighted by molar-refractivity contribution is 0.102. The molecular formula is C19H20F2N2O4S. The van der Waals surface area contributed by atoms with Crippen molar-refractivity contribution in [2.45, 2.75) is 24.7 Å². The van der Waals surface area contributed by atoms with Crippen LogP contribution in [-0.2, 0) is 10.0 Å². The Morgan fingerprint density at radius 2 is 1.89 bits per heavy atom. The number of carbonyl (C=O) groups is 1. The lowest BCUT2D eigenvalue weighted by Gasteiger charge is -2.19. The van der Waals surface area contributed by atoms with Gasteiger partial charge in [0.15, 0.2) is 11.6 Å². The van der Waals surface area contributed by atoms with Gasteiger partial charge in [-0.1, -0.05) is 6.07 Å². The molecule has 0 aliphatic carbocycles. The minimum absolute atomic E-state index is 0.0752. The molecule has 0 spiro atoms. The molecule has 9 heteroatoms. The molecule has 0 radical (unpaired) electrons. The molecule has 0 atom stereocenters. The summed E-state index contributed by atoms with van der Waals surface area (Å²) in [5, 5.41) is 2.41. The maximum atomic E-state index is 13.8. The van der Waals surface area contributed by atoms with Gasteiger partial charge < -0.3 is 10.1 Å². The number of nitrogens with one attached hydrogen (secondary N) is 1. The summed E-state index contributed by atoms with van der Waals surface area (Å²) >= 11 is 0. The number of hydrogen-bond acceptors (Lipinski definition) is 4. The van der Waals surface area contributed by atoms with Gasteiger partial charge in [0, 0.05) is 18.8 Å². The topological polar surface area (TPSA) is 75.7 Å². The molecule has 28 heavy (non-hydrogen) atoms. The van der Waals surface area contributed by atoms with Crippen LogP contribution in [0.1, 0.15) is 30.1 Å². The minimum atomic E-state index is -3.81. The fourth-order valence-electron chi connectivity index (χ4n) is 3.01. The van der Waals surface area contributed by atoms with Gasteiger partial charge in [0.05, 0.1) is 12.2 Å². The number of amides is 1. The third-order valence-electron chi connectivity index (χ3n) is 4.38. The summed E-state index contributed by atoms with van der Waals surface area (Å²) in [7, 11) is -3.81. The second-order valence-corrected chi connectivity index (χ2v) is 8.17. The summed E-state index contributed by atoms with van der Waals surface area (Å²) in [5.74, 6) is -3.12. The zero-order valence-corrected chi connectivity index (χ0v) is 16.1. The van der Waals surface area contributed by atoms with E-state index in [9.17, 15) is 22.0 Å². The number of halogens is 2. The van der Waals surface area contributed by atoms with Gasteiger partial charge in [-0.3, -0.25) is 4.79 Å². The molecule has 0 saturated carbocycles. The number of anilines is 1. The maximum Gasteiger partial charge on any atom is 0.258 e.